The summed E-state index contributed by atoms with van der Waals surface area (Å²) in [5.41, 5.74) is -0.0446. The number of aryl methyl sites for hydroxylation is 1. The predicted octanol–water partition coefficient (Wildman–Crippen LogP) is 6.95. The van der Waals surface area contributed by atoms with Gasteiger partial charge in [0, 0.05) is 24.6 Å². The lowest BCUT2D eigenvalue weighted by Crippen LogP contribution is -2.02. The third-order valence-corrected chi connectivity index (χ3v) is 4.92. The summed E-state index contributed by atoms with van der Waals surface area (Å²) in [7, 11) is 0. The lowest BCUT2D eigenvalue weighted by atomic mass is 10.1. The zero-order chi connectivity index (χ0) is 21.6. The average Bonchev–Trinajstić information content (AvgIpc) is 2.70. The van der Waals surface area contributed by atoms with Crippen molar-refractivity contribution in [2.75, 3.05) is 0 Å². The highest BCUT2D eigenvalue weighted by Crippen LogP contribution is 2.28. The highest BCUT2D eigenvalue weighted by molar-refractivity contribution is 5.84. The highest BCUT2D eigenvalue weighted by Gasteiger charge is 2.10. The second kappa shape index (κ2) is 13.5. The van der Waals surface area contributed by atoms with E-state index in [-0.39, 0.29) is 27.9 Å². The molecule has 0 aliphatic rings. The molecule has 0 radical (unpaired) electrons. The van der Waals surface area contributed by atoms with Crippen LogP contribution >= 0.6 is 0 Å². The molecule has 0 saturated carbocycles. The van der Waals surface area contributed by atoms with Gasteiger partial charge < -0.3 is 14.6 Å². The molecule has 2 N–H and O–H groups in total. The number of phenolic OH excluding ortho intramolecular Hbond substituents is 2. The van der Waals surface area contributed by atoms with Gasteiger partial charge in [-0.15, -0.1) is 0 Å². The predicted molar refractivity (Wildman–Crippen MR) is 124 cm³/mol. The molecule has 1 aromatic heterocycles. The van der Waals surface area contributed by atoms with Crippen LogP contribution in [0.1, 0.15) is 70.5 Å². The molecule has 4 nitrogen and oxygen atoms in total. The Kier molecular flexibility index (Phi) is 10.6. The Balaban J connectivity index is 1.59. The summed E-state index contributed by atoms with van der Waals surface area (Å²) in [6.45, 7) is 2.15. The van der Waals surface area contributed by atoms with Gasteiger partial charge in [0.1, 0.15) is 28.2 Å². The van der Waals surface area contributed by atoms with Crippen LogP contribution in [0.3, 0.4) is 0 Å². The molecule has 30 heavy (non-hydrogen) atoms. The zero-order valence-electron chi connectivity index (χ0n) is 18.0. The van der Waals surface area contributed by atoms with Crippen LogP contribution in [-0.2, 0) is 6.42 Å². The van der Waals surface area contributed by atoms with Crippen molar-refractivity contribution in [1.29, 1.82) is 0 Å². The van der Waals surface area contributed by atoms with E-state index < -0.39 is 0 Å². The monoisotopic (exact) mass is 410 g/mol. The van der Waals surface area contributed by atoms with E-state index in [4.69, 9.17) is 4.42 Å². The van der Waals surface area contributed by atoms with Crippen molar-refractivity contribution < 1.29 is 14.6 Å². The number of aromatic hydroxyl groups is 2. The molecule has 2 aromatic rings. The van der Waals surface area contributed by atoms with Gasteiger partial charge in [0.15, 0.2) is 5.43 Å². The fourth-order valence-electron chi connectivity index (χ4n) is 3.35. The van der Waals surface area contributed by atoms with E-state index in [1.54, 1.807) is 0 Å². The molecule has 0 aliphatic heterocycles. The first-order valence-corrected chi connectivity index (χ1v) is 11.1. The number of fused-ring (bicyclic) bond motifs is 1. The summed E-state index contributed by atoms with van der Waals surface area (Å²) in [5.74, 6) is 0.229. The van der Waals surface area contributed by atoms with Crippen molar-refractivity contribution in [2.45, 2.75) is 71.1 Å². The van der Waals surface area contributed by atoms with E-state index in [0.29, 0.717) is 12.2 Å². The summed E-state index contributed by atoms with van der Waals surface area (Å²) in [5, 5.41) is 19.5. The van der Waals surface area contributed by atoms with Crippen LogP contribution in [0.15, 0.2) is 63.9 Å². The van der Waals surface area contributed by atoms with Crippen LogP contribution in [0.2, 0.25) is 0 Å². The van der Waals surface area contributed by atoms with Gasteiger partial charge in [-0.05, 0) is 38.5 Å². The number of allylic oxidation sites excluding steroid dienone is 6. The zero-order valence-corrected chi connectivity index (χ0v) is 18.0. The maximum Gasteiger partial charge on any atom is 0.196 e. The Morgan fingerprint density at radius 3 is 2.27 bits per heavy atom. The summed E-state index contributed by atoms with van der Waals surface area (Å²) >= 11 is 0. The van der Waals surface area contributed by atoms with Crippen LogP contribution in [0.25, 0.3) is 11.0 Å². The van der Waals surface area contributed by atoms with Crippen molar-refractivity contribution in [2.24, 2.45) is 0 Å². The molecule has 0 saturated heterocycles. The molecule has 0 aliphatic carbocycles. The molecule has 2 rings (SSSR count). The highest BCUT2D eigenvalue weighted by atomic mass is 16.3. The van der Waals surface area contributed by atoms with Crippen LogP contribution in [0.5, 0.6) is 11.5 Å². The number of benzene rings is 1. The minimum Gasteiger partial charge on any atom is -0.508 e. The maximum atomic E-state index is 12.2. The van der Waals surface area contributed by atoms with Crippen molar-refractivity contribution in [3.05, 3.63) is 70.6 Å². The van der Waals surface area contributed by atoms with Crippen LogP contribution in [-0.4, -0.2) is 10.2 Å². The molecule has 0 spiro atoms. The lowest BCUT2D eigenvalue weighted by Gasteiger charge is -2.05. The topological polar surface area (TPSA) is 70.7 Å². The molecule has 4 heteroatoms. The fourth-order valence-corrected chi connectivity index (χ4v) is 3.35. The normalized spacial score (nSPS) is 12.2. The Morgan fingerprint density at radius 2 is 1.50 bits per heavy atom. The third-order valence-electron chi connectivity index (χ3n) is 4.92. The maximum absolute atomic E-state index is 12.2. The molecule has 0 fully saturated rings. The van der Waals surface area contributed by atoms with Crippen molar-refractivity contribution in [3.8, 4) is 11.5 Å². The van der Waals surface area contributed by atoms with E-state index >= 15 is 0 Å². The van der Waals surface area contributed by atoms with Gasteiger partial charge in [-0.25, -0.2) is 0 Å². The molecule has 1 aromatic carbocycles. The number of unbranched alkanes of at least 4 members (excludes halogenated alkanes) is 5. The quantitative estimate of drug-likeness (QED) is 0.277. The summed E-state index contributed by atoms with van der Waals surface area (Å²) in [6, 6.07) is 3.96. The van der Waals surface area contributed by atoms with E-state index in [1.165, 1.54) is 25.0 Å². The second-order valence-corrected chi connectivity index (χ2v) is 7.52. The smallest absolute Gasteiger partial charge is 0.196 e. The first-order chi connectivity index (χ1) is 14.6. The van der Waals surface area contributed by atoms with Gasteiger partial charge in [0.25, 0.3) is 0 Å². The first-order valence-electron chi connectivity index (χ1n) is 11.1. The molecule has 1 heterocycles. The van der Waals surface area contributed by atoms with Crippen molar-refractivity contribution >= 4 is 11.0 Å². The Morgan fingerprint density at radius 1 is 0.833 bits per heavy atom. The number of hydrogen-bond acceptors (Lipinski definition) is 4. The van der Waals surface area contributed by atoms with E-state index in [2.05, 4.69) is 43.4 Å². The van der Waals surface area contributed by atoms with Gasteiger partial charge >= 0.3 is 0 Å². The molecule has 0 unspecified atom stereocenters. The van der Waals surface area contributed by atoms with Crippen LogP contribution in [0.4, 0.5) is 0 Å². The molecule has 0 bridgehead atoms. The van der Waals surface area contributed by atoms with Crippen LogP contribution in [0, 0.1) is 0 Å². The fraction of sp³-hybridized carbons (Fsp3) is 0.423. The molecule has 0 atom stereocenters. The Bertz CT molecular complexity index is 919. The molecule has 162 valence electrons. The standard InChI is InChI=1S/C26H34O4/c1-2-3-4-5-6-7-8-9-10-11-12-13-14-15-16-17-22-20-24(29)26-23(28)18-21(27)19-25(26)30-22/h3-4,6-7,9-10,18-20,27-28H,2,5,8,11-17H2,1H3/b4-3-,7-6-,10-9-. The van der Waals surface area contributed by atoms with Crippen LogP contribution < -0.4 is 5.43 Å². The average molecular weight is 411 g/mol. The molecular weight excluding hydrogens is 376 g/mol. The number of rotatable bonds is 13. The first kappa shape index (κ1) is 23.5. The van der Waals surface area contributed by atoms with E-state index in [9.17, 15) is 15.0 Å². The van der Waals surface area contributed by atoms with Gasteiger partial charge in [-0.3, -0.25) is 4.79 Å². The Hall–Kier alpha value is -2.75. The number of hydrogen-bond donors (Lipinski definition) is 2. The van der Waals surface area contributed by atoms with Gasteiger partial charge in [0.05, 0.1) is 0 Å². The minimum atomic E-state index is -0.275. The largest absolute Gasteiger partial charge is 0.508 e. The SMILES string of the molecule is CC/C=C\C/C=C\C/C=C\CCCCCCCc1cc(=O)c2c(O)cc(O)cc2o1. The van der Waals surface area contributed by atoms with Gasteiger partial charge in [-0.1, -0.05) is 62.6 Å². The minimum absolute atomic E-state index is 0.116. The summed E-state index contributed by atoms with van der Waals surface area (Å²) < 4.78 is 5.69. The van der Waals surface area contributed by atoms with E-state index in [0.717, 1.165) is 51.0 Å². The van der Waals surface area contributed by atoms with Gasteiger partial charge in [0.2, 0.25) is 0 Å². The molecule has 0 amide bonds. The van der Waals surface area contributed by atoms with E-state index in [1.807, 2.05) is 0 Å². The third kappa shape index (κ3) is 8.32. The van der Waals surface area contributed by atoms with Gasteiger partial charge in [-0.2, -0.15) is 0 Å². The molecular formula is C26H34O4. The van der Waals surface area contributed by atoms with Crippen molar-refractivity contribution in [1.82, 2.24) is 0 Å². The number of phenols is 2. The lowest BCUT2D eigenvalue weighted by molar-refractivity contribution is 0.449. The van der Waals surface area contributed by atoms with Crippen molar-refractivity contribution in [3.63, 3.8) is 0 Å². The summed E-state index contributed by atoms with van der Waals surface area (Å²) in [4.78, 5) is 12.2. The Labute approximate surface area is 179 Å². The summed E-state index contributed by atoms with van der Waals surface area (Å²) in [6.07, 6.45) is 23.8. The second-order valence-electron chi connectivity index (χ2n) is 7.52.